The molecule has 2 aliphatic carbocycles. The van der Waals surface area contributed by atoms with Crippen molar-refractivity contribution in [1.82, 2.24) is 20.0 Å². The van der Waals surface area contributed by atoms with E-state index in [0.717, 1.165) is 50.0 Å². The summed E-state index contributed by atoms with van der Waals surface area (Å²) in [6.07, 6.45) is 6.09. The number of ether oxygens (including phenoxy) is 1. The summed E-state index contributed by atoms with van der Waals surface area (Å²) in [7, 11) is 1.75. The molecule has 8 heteroatoms. The van der Waals surface area contributed by atoms with Crippen LogP contribution in [0.3, 0.4) is 0 Å². The van der Waals surface area contributed by atoms with E-state index in [0.29, 0.717) is 23.0 Å². The number of hydrogen-bond acceptors (Lipinski definition) is 6. The Hall–Kier alpha value is -2.48. The molecule has 0 saturated heterocycles. The minimum atomic E-state index is -0.737. The zero-order valence-electron chi connectivity index (χ0n) is 16.0. The molecular weight excluding hydrogens is 360 g/mol. The van der Waals surface area contributed by atoms with Gasteiger partial charge < -0.3 is 14.9 Å². The molecule has 150 valence electrons. The molecule has 0 bridgehead atoms. The smallest absolute Gasteiger partial charge is 0.303 e. The third-order valence-electron chi connectivity index (χ3n) is 5.68. The maximum absolute atomic E-state index is 11.0. The van der Waals surface area contributed by atoms with Gasteiger partial charge in [0, 0.05) is 19.4 Å². The van der Waals surface area contributed by atoms with Gasteiger partial charge in [-0.15, -0.1) is 5.10 Å². The second-order valence-electron chi connectivity index (χ2n) is 7.89. The van der Waals surface area contributed by atoms with Crippen LogP contribution in [-0.2, 0) is 18.4 Å². The van der Waals surface area contributed by atoms with Gasteiger partial charge in [0.05, 0.1) is 29.8 Å². The average Bonchev–Trinajstić information content (AvgIpc) is 3.44. The van der Waals surface area contributed by atoms with Crippen LogP contribution in [0.4, 0.5) is 0 Å². The lowest BCUT2D eigenvalue weighted by atomic mass is 9.85. The monoisotopic (exact) mass is 386 g/mol. The number of aryl methyl sites for hydroxylation is 1. The lowest BCUT2D eigenvalue weighted by molar-refractivity contribution is -0.138. The van der Waals surface area contributed by atoms with E-state index in [1.165, 1.54) is 0 Å². The first-order chi connectivity index (χ1) is 13.5. The number of nitrogens with zero attached hydrogens (tertiary/aromatic N) is 4. The van der Waals surface area contributed by atoms with Crippen LogP contribution < -0.4 is 4.74 Å². The lowest BCUT2D eigenvalue weighted by Gasteiger charge is -2.29. The minimum absolute atomic E-state index is 0.0350. The molecule has 2 N–H and O–H groups in total. The molecule has 2 saturated carbocycles. The van der Waals surface area contributed by atoms with Crippen LogP contribution in [0.15, 0.2) is 12.1 Å². The molecule has 2 aromatic heterocycles. The minimum Gasteiger partial charge on any atom is -0.489 e. The number of carboxylic acid groups (broad SMARTS) is 1. The summed E-state index contributed by atoms with van der Waals surface area (Å²) in [5, 5.41) is 26.8. The Morgan fingerprint density at radius 3 is 2.82 bits per heavy atom. The summed E-state index contributed by atoms with van der Waals surface area (Å²) in [6, 6.07) is 3.80. The van der Waals surface area contributed by atoms with Gasteiger partial charge in [0.1, 0.15) is 11.4 Å². The van der Waals surface area contributed by atoms with E-state index in [2.05, 4.69) is 10.3 Å². The first kappa shape index (κ1) is 18.9. The molecule has 0 radical (unpaired) electrons. The molecule has 0 aliphatic heterocycles. The molecule has 2 atom stereocenters. The van der Waals surface area contributed by atoms with Crippen LogP contribution in [0.5, 0.6) is 5.75 Å². The first-order valence-electron chi connectivity index (χ1n) is 9.94. The molecule has 4 rings (SSSR count). The molecule has 0 spiro atoms. The molecule has 8 nitrogen and oxygen atoms in total. The van der Waals surface area contributed by atoms with E-state index in [1.54, 1.807) is 11.7 Å². The summed E-state index contributed by atoms with van der Waals surface area (Å²) < 4.78 is 7.86. The topological polar surface area (TPSA) is 110 Å². The normalized spacial score (nSPS) is 22.2. The molecule has 2 aliphatic rings. The fourth-order valence-corrected chi connectivity index (χ4v) is 4.06. The standard InChI is InChI=1S/C20H26N4O4/c1-24-16(11-25)20(22-23-24)15-7-8-17(19(21-15)13-5-6-13)28-14-4-2-3-12(9-14)10-18(26)27/h7-8,12-14,25H,2-6,9-11H2,1H3,(H,26,27)/t12-,14-/m0/s1. The SMILES string of the molecule is Cn1nnc(-c2ccc(O[C@H]3CCC[C@H](CC(=O)O)C3)c(C3CC3)n2)c1CO. The molecule has 0 aromatic carbocycles. The van der Waals surface area contributed by atoms with Gasteiger partial charge in [-0.25, -0.2) is 9.67 Å². The highest BCUT2D eigenvalue weighted by atomic mass is 16.5. The fraction of sp³-hybridized carbons (Fsp3) is 0.600. The predicted molar refractivity (Wildman–Crippen MR) is 101 cm³/mol. The number of rotatable bonds is 7. The van der Waals surface area contributed by atoms with Crippen molar-refractivity contribution < 1.29 is 19.7 Å². The van der Waals surface area contributed by atoms with Crippen molar-refractivity contribution in [3.05, 3.63) is 23.5 Å². The zero-order valence-corrected chi connectivity index (χ0v) is 16.0. The van der Waals surface area contributed by atoms with Crippen molar-refractivity contribution in [1.29, 1.82) is 0 Å². The van der Waals surface area contributed by atoms with E-state index >= 15 is 0 Å². The summed E-state index contributed by atoms with van der Waals surface area (Å²) in [6.45, 7) is -0.148. The summed E-state index contributed by atoms with van der Waals surface area (Å²) >= 11 is 0. The van der Waals surface area contributed by atoms with Crippen molar-refractivity contribution >= 4 is 5.97 Å². The Labute approximate surface area is 163 Å². The van der Waals surface area contributed by atoms with E-state index in [1.807, 2.05) is 12.1 Å². The van der Waals surface area contributed by atoms with Crippen molar-refractivity contribution in [2.45, 2.75) is 63.6 Å². The van der Waals surface area contributed by atoms with Gasteiger partial charge >= 0.3 is 5.97 Å². The van der Waals surface area contributed by atoms with Crippen molar-refractivity contribution in [3.8, 4) is 17.1 Å². The molecule has 0 unspecified atom stereocenters. The summed E-state index contributed by atoms with van der Waals surface area (Å²) in [4.78, 5) is 15.8. The highest BCUT2D eigenvalue weighted by Crippen LogP contribution is 2.44. The van der Waals surface area contributed by atoms with Crippen LogP contribution >= 0.6 is 0 Å². The zero-order chi connectivity index (χ0) is 19.7. The number of aromatic nitrogens is 4. The largest absolute Gasteiger partial charge is 0.489 e. The molecule has 0 amide bonds. The second kappa shape index (κ2) is 7.87. The molecule has 2 heterocycles. The van der Waals surface area contributed by atoms with E-state index in [-0.39, 0.29) is 25.0 Å². The maximum atomic E-state index is 11.0. The van der Waals surface area contributed by atoms with Crippen LogP contribution in [-0.4, -0.2) is 42.3 Å². The Kier molecular flexibility index (Phi) is 5.30. The molecular formula is C20H26N4O4. The van der Waals surface area contributed by atoms with Gasteiger partial charge in [-0.3, -0.25) is 4.79 Å². The number of aliphatic carboxylic acids is 1. The fourth-order valence-electron chi connectivity index (χ4n) is 4.06. The molecule has 2 aromatic rings. The highest BCUT2D eigenvalue weighted by Gasteiger charge is 2.32. The third-order valence-corrected chi connectivity index (χ3v) is 5.68. The van der Waals surface area contributed by atoms with Gasteiger partial charge in [-0.1, -0.05) is 5.21 Å². The van der Waals surface area contributed by atoms with Crippen molar-refractivity contribution in [3.63, 3.8) is 0 Å². The van der Waals surface area contributed by atoms with Gasteiger partial charge in [0.25, 0.3) is 0 Å². The number of aliphatic hydroxyl groups excluding tert-OH is 1. The molecule has 28 heavy (non-hydrogen) atoms. The number of pyridine rings is 1. The van der Waals surface area contributed by atoms with Crippen LogP contribution in [0.1, 0.15) is 62.3 Å². The van der Waals surface area contributed by atoms with Gasteiger partial charge in [0.2, 0.25) is 0 Å². The van der Waals surface area contributed by atoms with Crippen molar-refractivity contribution in [2.75, 3.05) is 0 Å². The Bertz CT molecular complexity index is 862. The number of hydrogen-bond donors (Lipinski definition) is 2. The van der Waals surface area contributed by atoms with E-state index < -0.39 is 5.97 Å². The van der Waals surface area contributed by atoms with Gasteiger partial charge in [-0.2, -0.15) is 0 Å². The lowest BCUT2D eigenvalue weighted by Crippen LogP contribution is -2.27. The van der Waals surface area contributed by atoms with Crippen LogP contribution in [0, 0.1) is 5.92 Å². The average molecular weight is 386 g/mol. The van der Waals surface area contributed by atoms with Crippen molar-refractivity contribution in [2.24, 2.45) is 13.0 Å². The van der Waals surface area contributed by atoms with Crippen LogP contribution in [0.2, 0.25) is 0 Å². The first-order valence-corrected chi connectivity index (χ1v) is 9.94. The highest BCUT2D eigenvalue weighted by molar-refractivity contribution is 5.67. The Morgan fingerprint density at radius 2 is 2.11 bits per heavy atom. The number of aliphatic hydroxyl groups is 1. The van der Waals surface area contributed by atoms with Crippen LogP contribution in [0.25, 0.3) is 11.4 Å². The number of carboxylic acids is 1. The Balaban J connectivity index is 1.55. The predicted octanol–water partition coefficient (Wildman–Crippen LogP) is 2.66. The van der Waals surface area contributed by atoms with Gasteiger partial charge in [0.15, 0.2) is 0 Å². The summed E-state index contributed by atoms with van der Waals surface area (Å²) in [5.41, 5.74) is 2.86. The maximum Gasteiger partial charge on any atom is 0.303 e. The molecule has 2 fully saturated rings. The van der Waals surface area contributed by atoms with Gasteiger partial charge in [-0.05, 0) is 56.6 Å². The quantitative estimate of drug-likeness (QED) is 0.752. The second-order valence-corrected chi connectivity index (χ2v) is 7.89. The third kappa shape index (κ3) is 4.01. The Morgan fingerprint density at radius 1 is 1.29 bits per heavy atom. The summed E-state index contributed by atoms with van der Waals surface area (Å²) in [5.74, 6) is 0.628. The van der Waals surface area contributed by atoms with E-state index in [4.69, 9.17) is 14.8 Å². The number of carbonyl (C=O) groups is 1. The van der Waals surface area contributed by atoms with E-state index in [9.17, 15) is 9.90 Å².